The summed E-state index contributed by atoms with van der Waals surface area (Å²) in [4.78, 5) is 24.8. The van der Waals surface area contributed by atoms with Gasteiger partial charge in [0.05, 0.1) is 4.92 Å². The third-order valence-electron chi connectivity index (χ3n) is 2.93. The van der Waals surface area contributed by atoms with E-state index in [0.717, 1.165) is 11.3 Å². The number of nitrogens with zero attached hydrogens (tertiary/aromatic N) is 2. The van der Waals surface area contributed by atoms with Gasteiger partial charge in [-0.25, -0.2) is 9.78 Å². The van der Waals surface area contributed by atoms with Crippen molar-refractivity contribution >= 4 is 17.3 Å². The second-order valence-corrected chi connectivity index (χ2v) is 4.47. The predicted molar refractivity (Wildman–Crippen MR) is 76.4 cm³/mol. The average Bonchev–Trinajstić information content (AvgIpc) is 2.45. The second-order valence-electron chi connectivity index (χ2n) is 4.47. The highest BCUT2D eigenvalue weighted by molar-refractivity contribution is 5.85. The van der Waals surface area contributed by atoms with Crippen LogP contribution in [0.15, 0.2) is 36.5 Å². The Bertz CT molecular complexity index is 683. The van der Waals surface area contributed by atoms with Crippen molar-refractivity contribution in [1.82, 2.24) is 4.98 Å². The van der Waals surface area contributed by atoms with Gasteiger partial charge in [-0.3, -0.25) is 10.1 Å². The number of aryl methyl sites for hydroxylation is 1. The molecule has 0 saturated heterocycles. The van der Waals surface area contributed by atoms with E-state index in [1.54, 1.807) is 25.1 Å². The lowest BCUT2D eigenvalue weighted by atomic mass is 10.1. The van der Waals surface area contributed by atoms with Gasteiger partial charge >= 0.3 is 5.97 Å². The predicted octanol–water partition coefficient (Wildman–Crippen LogP) is 2.61. The monoisotopic (exact) mass is 287 g/mol. The number of rotatable bonds is 5. The summed E-state index contributed by atoms with van der Waals surface area (Å²) in [6, 6.07) is 7.87. The van der Waals surface area contributed by atoms with Gasteiger partial charge in [0.25, 0.3) is 5.69 Å². The largest absolute Gasteiger partial charge is 0.477 e. The number of carbonyl (C=O) groups is 1. The Kier molecular flexibility index (Phi) is 4.13. The van der Waals surface area contributed by atoms with Gasteiger partial charge in [-0.2, -0.15) is 0 Å². The molecule has 0 amide bonds. The van der Waals surface area contributed by atoms with Gasteiger partial charge in [0.2, 0.25) is 0 Å². The zero-order valence-corrected chi connectivity index (χ0v) is 11.2. The van der Waals surface area contributed by atoms with Crippen LogP contribution in [-0.4, -0.2) is 21.0 Å². The minimum absolute atomic E-state index is 0.00932. The molecule has 1 heterocycles. The summed E-state index contributed by atoms with van der Waals surface area (Å²) in [5.74, 6) is -1.07. The van der Waals surface area contributed by atoms with Crippen molar-refractivity contribution in [3.05, 3.63) is 63.5 Å². The summed E-state index contributed by atoms with van der Waals surface area (Å²) >= 11 is 0. The molecule has 0 spiro atoms. The van der Waals surface area contributed by atoms with E-state index in [4.69, 9.17) is 5.11 Å². The summed E-state index contributed by atoms with van der Waals surface area (Å²) < 4.78 is 0. The maximum absolute atomic E-state index is 10.7. The van der Waals surface area contributed by atoms with Gasteiger partial charge in [-0.1, -0.05) is 6.07 Å². The molecule has 0 radical (unpaired) electrons. The molecule has 0 aliphatic heterocycles. The third kappa shape index (κ3) is 3.53. The highest BCUT2D eigenvalue weighted by Gasteiger charge is 2.10. The minimum Gasteiger partial charge on any atom is -0.477 e. The number of nitro benzene ring substituents is 1. The molecule has 21 heavy (non-hydrogen) atoms. The normalized spacial score (nSPS) is 10.1. The quantitative estimate of drug-likeness (QED) is 0.646. The highest BCUT2D eigenvalue weighted by Crippen LogP contribution is 2.21. The van der Waals surface area contributed by atoms with Crippen LogP contribution >= 0.6 is 0 Å². The van der Waals surface area contributed by atoms with Crippen molar-refractivity contribution < 1.29 is 14.8 Å². The molecule has 7 nitrogen and oxygen atoms in total. The molecule has 2 N–H and O–H groups in total. The minimum atomic E-state index is -1.07. The van der Waals surface area contributed by atoms with Crippen molar-refractivity contribution in [2.75, 3.05) is 5.32 Å². The van der Waals surface area contributed by atoms with E-state index in [9.17, 15) is 14.9 Å². The fraction of sp³-hybridized carbons (Fsp3) is 0.143. The number of hydrogen-bond acceptors (Lipinski definition) is 5. The maximum Gasteiger partial charge on any atom is 0.354 e. The van der Waals surface area contributed by atoms with Crippen molar-refractivity contribution in [3.8, 4) is 0 Å². The Balaban J connectivity index is 2.04. The lowest BCUT2D eigenvalue weighted by Crippen LogP contribution is -2.04. The SMILES string of the molecule is Cc1cc(NCc2ccc(C(=O)O)nc2)ccc1[N+](=O)[O-]. The van der Waals surface area contributed by atoms with Crippen LogP contribution in [0.5, 0.6) is 0 Å². The first-order chi connectivity index (χ1) is 9.97. The lowest BCUT2D eigenvalue weighted by molar-refractivity contribution is -0.385. The first kappa shape index (κ1) is 14.4. The van der Waals surface area contributed by atoms with Crippen molar-refractivity contribution in [3.63, 3.8) is 0 Å². The maximum atomic E-state index is 10.7. The van der Waals surface area contributed by atoms with E-state index in [2.05, 4.69) is 10.3 Å². The Morgan fingerprint density at radius 1 is 1.38 bits per heavy atom. The van der Waals surface area contributed by atoms with E-state index in [1.165, 1.54) is 18.3 Å². The molecular formula is C14H13N3O4. The van der Waals surface area contributed by atoms with E-state index >= 15 is 0 Å². The van der Waals surface area contributed by atoms with Gasteiger partial charge in [0, 0.05) is 30.1 Å². The van der Waals surface area contributed by atoms with Crippen LogP contribution in [-0.2, 0) is 6.54 Å². The first-order valence-corrected chi connectivity index (χ1v) is 6.14. The molecule has 7 heteroatoms. The van der Waals surface area contributed by atoms with Crippen molar-refractivity contribution in [2.24, 2.45) is 0 Å². The summed E-state index contributed by atoms with van der Waals surface area (Å²) in [6.07, 6.45) is 1.48. The van der Waals surface area contributed by atoms with Crippen LogP contribution in [0.4, 0.5) is 11.4 Å². The first-order valence-electron chi connectivity index (χ1n) is 6.14. The fourth-order valence-electron chi connectivity index (χ4n) is 1.83. The molecule has 0 atom stereocenters. The Hall–Kier alpha value is -2.96. The number of carboxylic acids is 1. The molecule has 1 aromatic heterocycles. The molecule has 0 fully saturated rings. The van der Waals surface area contributed by atoms with Crippen molar-refractivity contribution in [1.29, 1.82) is 0 Å². The van der Waals surface area contributed by atoms with Gasteiger partial charge in [-0.05, 0) is 30.7 Å². The van der Waals surface area contributed by atoms with Crippen molar-refractivity contribution in [2.45, 2.75) is 13.5 Å². The molecule has 0 saturated carbocycles. The second kappa shape index (κ2) is 6.00. The van der Waals surface area contributed by atoms with Gasteiger partial charge in [-0.15, -0.1) is 0 Å². The standard InChI is InChI=1S/C14H13N3O4/c1-9-6-11(3-5-13(9)17(20)21)15-7-10-2-4-12(14(18)19)16-8-10/h2-6,8,15H,7H2,1H3,(H,18,19). The van der Waals surface area contributed by atoms with Crippen LogP contribution in [0.3, 0.4) is 0 Å². The van der Waals surface area contributed by atoms with E-state index < -0.39 is 10.9 Å². The van der Waals surface area contributed by atoms with E-state index in [0.29, 0.717) is 12.1 Å². The summed E-state index contributed by atoms with van der Waals surface area (Å²) in [5.41, 5.74) is 2.21. The number of anilines is 1. The number of benzene rings is 1. The van der Waals surface area contributed by atoms with Gasteiger partial charge < -0.3 is 10.4 Å². The molecule has 1 aromatic carbocycles. The van der Waals surface area contributed by atoms with Crippen LogP contribution in [0.2, 0.25) is 0 Å². The van der Waals surface area contributed by atoms with E-state index in [-0.39, 0.29) is 11.4 Å². The lowest BCUT2D eigenvalue weighted by Gasteiger charge is -2.07. The number of nitro groups is 1. The molecule has 0 bridgehead atoms. The zero-order valence-electron chi connectivity index (χ0n) is 11.2. The smallest absolute Gasteiger partial charge is 0.354 e. The zero-order chi connectivity index (χ0) is 15.4. The van der Waals surface area contributed by atoms with E-state index in [1.807, 2.05) is 0 Å². The van der Waals surface area contributed by atoms with Crippen LogP contribution in [0.1, 0.15) is 21.6 Å². The number of hydrogen-bond donors (Lipinski definition) is 2. The number of aromatic nitrogens is 1. The van der Waals surface area contributed by atoms with Crippen LogP contribution in [0, 0.1) is 17.0 Å². The molecule has 2 aromatic rings. The third-order valence-corrected chi connectivity index (χ3v) is 2.93. The Morgan fingerprint density at radius 2 is 2.14 bits per heavy atom. The molecular weight excluding hydrogens is 274 g/mol. The Morgan fingerprint density at radius 3 is 2.67 bits per heavy atom. The van der Waals surface area contributed by atoms with Gasteiger partial charge in [0.15, 0.2) is 0 Å². The summed E-state index contributed by atoms with van der Waals surface area (Å²) in [6.45, 7) is 2.12. The summed E-state index contributed by atoms with van der Waals surface area (Å²) in [7, 11) is 0. The topological polar surface area (TPSA) is 105 Å². The molecule has 0 unspecified atom stereocenters. The summed E-state index contributed by atoms with van der Waals surface area (Å²) in [5, 5.41) is 22.6. The Labute approximate surface area is 120 Å². The highest BCUT2D eigenvalue weighted by atomic mass is 16.6. The number of carboxylic acid groups (broad SMARTS) is 1. The van der Waals surface area contributed by atoms with Gasteiger partial charge in [0.1, 0.15) is 5.69 Å². The molecule has 0 aliphatic rings. The average molecular weight is 287 g/mol. The number of pyridine rings is 1. The molecule has 0 aliphatic carbocycles. The van der Waals surface area contributed by atoms with Crippen LogP contribution < -0.4 is 5.32 Å². The fourth-order valence-corrected chi connectivity index (χ4v) is 1.83. The number of nitrogens with one attached hydrogen (secondary N) is 1. The number of aromatic carboxylic acids is 1. The molecule has 2 rings (SSSR count). The molecule has 108 valence electrons. The van der Waals surface area contributed by atoms with Crippen LogP contribution in [0.25, 0.3) is 0 Å².